The highest BCUT2D eigenvalue weighted by Crippen LogP contribution is 2.25. The molecule has 0 bridgehead atoms. The molecule has 2 aromatic rings. The van der Waals surface area contributed by atoms with Gasteiger partial charge < -0.3 is 15.1 Å². The summed E-state index contributed by atoms with van der Waals surface area (Å²) in [5.41, 5.74) is 0.621. The Hall–Kier alpha value is -1.94. The smallest absolute Gasteiger partial charge is 0.242 e. The maximum Gasteiger partial charge on any atom is 0.242 e. The highest BCUT2D eigenvalue weighted by Gasteiger charge is 2.25. The molecule has 1 aromatic heterocycles. The van der Waals surface area contributed by atoms with Gasteiger partial charge in [0.2, 0.25) is 10.0 Å². The molecule has 1 atom stereocenters. The van der Waals surface area contributed by atoms with Crippen LogP contribution in [-0.4, -0.2) is 56.5 Å². The average molecular weight is 423 g/mol. The van der Waals surface area contributed by atoms with Gasteiger partial charge in [0.1, 0.15) is 5.76 Å². The molecule has 3 rings (SSSR count). The standard InChI is InChI=1S/C19H26N4O3S2/c1-22(2)28(24,25)16-8-5-7-15(13-16)21-19(27)20-14-17(18-9-6-12-26-18)23-10-3-4-11-23/h5-9,12-13,17H,3-4,10-11,14H2,1-2H3,(H2,20,21,27)/t17-/m0/s1. The van der Waals surface area contributed by atoms with Crippen LogP contribution < -0.4 is 10.6 Å². The highest BCUT2D eigenvalue weighted by atomic mass is 32.2. The molecule has 9 heteroatoms. The summed E-state index contributed by atoms with van der Waals surface area (Å²) in [6.45, 7) is 2.68. The first-order valence-corrected chi connectivity index (χ1v) is 11.1. The molecule has 0 spiro atoms. The van der Waals surface area contributed by atoms with E-state index in [0.717, 1.165) is 18.8 Å². The molecule has 28 heavy (non-hydrogen) atoms. The van der Waals surface area contributed by atoms with Gasteiger partial charge in [-0.05, 0) is 68.5 Å². The lowest BCUT2D eigenvalue weighted by Crippen LogP contribution is -2.38. The van der Waals surface area contributed by atoms with Gasteiger partial charge in [0.15, 0.2) is 5.11 Å². The minimum Gasteiger partial charge on any atom is -0.468 e. The fourth-order valence-corrected chi connectivity index (χ4v) is 4.40. The largest absolute Gasteiger partial charge is 0.468 e. The Kier molecular flexibility index (Phi) is 6.71. The van der Waals surface area contributed by atoms with Crippen molar-refractivity contribution in [1.29, 1.82) is 0 Å². The maximum absolute atomic E-state index is 12.3. The molecular formula is C19H26N4O3S2. The summed E-state index contributed by atoms with van der Waals surface area (Å²) in [5, 5.41) is 6.75. The number of hydrogen-bond acceptors (Lipinski definition) is 5. The highest BCUT2D eigenvalue weighted by molar-refractivity contribution is 7.89. The van der Waals surface area contributed by atoms with Crippen molar-refractivity contribution in [2.75, 3.05) is 39.0 Å². The molecule has 0 radical (unpaired) electrons. The number of likely N-dealkylation sites (tertiary alicyclic amines) is 1. The van der Waals surface area contributed by atoms with Crippen molar-refractivity contribution < 1.29 is 12.8 Å². The summed E-state index contributed by atoms with van der Waals surface area (Å²) in [4.78, 5) is 2.61. The van der Waals surface area contributed by atoms with Gasteiger partial charge in [0.25, 0.3) is 0 Å². The Labute approximate surface area is 171 Å². The molecule has 1 aliphatic heterocycles. The van der Waals surface area contributed by atoms with Crippen LogP contribution in [0.5, 0.6) is 0 Å². The molecule has 152 valence electrons. The number of sulfonamides is 1. The van der Waals surface area contributed by atoms with E-state index in [0.29, 0.717) is 17.3 Å². The van der Waals surface area contributed by atoms with Gasteiger partial charge in [-0.25, -0.2) is 12.7 Å². The van der Waals surface area contributed by atoms with Crippen LogP contribution in [0.3, 0.4) is 0 Å². The van der Waals surface area contributed by atoms with Crippen LogP contribution in [-0.2, 0) is 10.0 Å². The van der Waals surface area contributed by atoms with Crippen molar-refractivity contribution in [2.24, 2.45) is 0 Å². The first-order chi connectivity index (χ1) is 13.4. The van der Waals surface area contributed by atoms with Crippen molar-refractivity contribution in [3.8, 4) is 0 Å². The third-order valence-corrected chi connectivity index (χ3v) is 6.84. The third kappa shape index (κ3) is 4.91. The number of nitrogens with zero attached hydrogens (tertiary/aromatic N) is 2. The number of nitrogens with one attached hydrogen (secondary N) is 2. The van der Waals surface area contributed by atoms with Gasteiger partial charge in [-0.2, -0.15) is 0 Å². The van der Waals surface area contributed by atoms with Crippen LogP contribution in [0.1, 0.15) is 24.6 Å². The van der Waals surface area contributed by atoms with E-state index >= 15 is 0 Å². The van der Waals surface area contributed by atoms with Crippen LogP contribution >= 0.6 is 12.2 Å². The second kappa shape index (κ2) is 9.04. The molecule has 0 amide bonds. The van der Waals surface area contributed by atoms with Gasteiger partial charge in [-0.3, -0.25) is 4.90 Å². The monoisotopic (exact) mass is 422 g/mol. The number of benzene rings is 1. The molecule has 0 unspecified atom stereocenters. The van der Waals surface area contributed by atoms with Gasteiger partial charge in [-0.1, -0.05) is 6.07 Å². The Morgan fingerprint density at radius 2 is 2.00 bits per heavy atom. The molecule has 2 heterocycles. The summed E-state index contributed by atoms with van der Waals surface area (Å²) in [5.74, 6) is 0.913. The average Bonchev–Trinajstić information content (AvgIpc) is 3.36. The lowest BCUT2D eigenvalue weighted by Gasteiger charge is -2.26. The number of hydrogen-bond donors (Lipinski definition) is 2. The Bertz CT molecular complexity index is 892. The number of thiocarbonyl (C=S) groups is 1. The lowest BCUT2D eigenvalue weighted by atomic mass is 10.2. The quantitative estimate of drug-likeness (QED) is 0.664. The van der Waals surface area contributed by atoms with Gasteiger partial charge in [0, 0.05) is 26.3 Å². The van der Waals surface area contributed by atoms with Crippen LogP contribution in [0.4, 0.5) is 5.69 Å². The van der Waals surface area contributed by atoms with Crippen molar-refractivity contribution in [1.82, 2.24) is 14.5 Å². The molecule has 0 saturated carbocycles. The minimum atomic E-state index is -3.49. The molecule has 1 saturated heterocycles. The third-order valence-electron chi connectivity index (χ3n) is 4.78. The zero-order chi connectivity index (χ0) is 20.1. The van der Waals surface area contributed by atoms with Crippen molar-refractivity contribution in [2.45, 2.75) is 23.8 Å². The second-order valence-electron chi connectivity index (χ2n) is 6.92. The number of rotatable bonds is 7. The summed E-state index contributed by atoms with van der Waals surface area (Å²) < 4.78 is 31.4. The molecule has 1 aromatic carbocycles. The minimum absolute atomic E-state index is 0.109. The predicted molar refractivity (Wildman–Crippen MR) is 114 cm³/mol. The van der Waals surface area contributed by atoms with E-state index in [1.807, 2.05) is 12.1 Å². The van der Waals surface area contributed by atoms with Gasteiger partial charge >= 0.3 is 0 Å². The van der Waals surface area contributed by atoms with Crippen molar-refractivity contribution >= 4 is 33.0 Å². The van der Waals surface area contributed by atoms with Crippen LogP contribution in [0.2, 0.25) is 0 Å². The fraction of sp³-hybridized carbons (Fsp3) is 0.421. The van der Waals surface area contributed by atoms with E-state index in [1.165, 1.54) is 31.2 Å². The predicted octanol–water partition coefficient (Wildman–Crippen LogP) is 2.65. The summed E-state index contributed by atoms with van der Waals surface area (Å²) in [6.07, 6.45) is 4.06. The molecule has 1 aliphatic rings. The van der Waals surface area contributed by atoms with Crippen molar-refractivity contribution in [3.63, 3.8) is 0 Å². The van der Waals surface area contributed by atoms with E-state index in [4.69, 9.17) is 16.6 Å². The SMILES string of the molecule is CN(C)S(=O)(=O)c1cccc(NC(=S)NC[C@@H](c2ccco2)N2CCCC2)c1. The molecule has 1 fully saturated rings. The second-order valence-corrected chi connectivity index (χ2v) is 9.48. The Morgan fingerprint density at radius 3 is 2.64 bits per heavy atom. The lowest BCUT2D eigenvalue weighted by molar-refractivity contribution is 0.216. The maximum atomic E-state index is 12.3. The first-order valence-electron chi connectivity index (χ1n) is 9.23. The zero-order valence-corrected chi connectivity index (χ0v) is 17.7. The first kappa shape index (κ1) is 20.8. The summed E-state index contributed by atoms with van der Waals surface area (Å²) in [6, 6.07) is 10.6. The van der Waals surface area contributed by atoms with E-state index in [-0.39, 0.29) is 10.9 Å². The van der Waals surface area contributed by atoms with Gasteiger partial charge in [-0.15, -0.1) is 0 Å². The molecule has 2 N–H and O–H groups in total. The van der Waals surface area contributed by atoms with E-state index < -0.39 is 10.0 Å². The van der Waals surface area contributed by atoms with E-state index in [1.54, 1.807) is 30.5 Å². The van der Waals surface area contributed by atoms with Crippen LogP contribution in [0.25, 0.3) is 0 Å². The Morgan fingerprint density at radius 1 is 1.25 bits per heavy atom. The number of furan rings is 1. The Balaban J connectivity index is 1.64. The topological polar surface area (TPSA) is 77.8 Å². The molecule has 7 nitrogen and oxygen atoms in total. The van der Waals surface area contributed by atoms with Crippen LogP contribution in [0, 0.1) is 0 Å². The summed E-state index contributed by atoms with van der Waals surface area (Å²) in [7, 11) is -0.474. The van der Waals surface area contributed by atoms with Crippen molar-refractivity contribution in [3.05, 3.63) is 48.4 Å². The molecular weight excluding hydrogens is 396 g/mol. The van der Waals surface area contributed by atoms with E-state index in [9.17, 15) is 8.42 Å². The fourth-order valence-electron chi connectivity index (χ4n) is 3.25. The van der Waals surface area contributed by atoms with Gasteiger partial charge in [0.05, 0.1) is 17.2 Å². The zero-order valence-electron chi connectivity index (χ0n) is 16.1. The van der Waals surface area contributed by atoms with E-state index in [2.05, 4.69) is 15.5 Å². The molecule has 0 aliphatic carbocycles. The normalized spacial score (nSPS) is 16.2. The van der Waals surface area contributed by atoms with Crippen LogP contribution in [0.15, 0.2) is 52.0 Å². The number of anilines is 1. The summed E-state index contributed by atoms with van der Waals surface area (Å²) >= 11 is 5.42.